The van der Waals surface area contributed by atoms with Crippen LogP contribution in [-0.4, -0.2) is 35.5 Å². The maximum atomic E-state index is 13.5. The van der Waals surface area contributed by atoms with Crippen LogP contribution in [0.4, 0.5) is 0 Å². The molecule has 0 bridgehead atoms. The molecular formula is C24H24Br2N4O4. The summed E-state index contributed by atoms with van der Waals surface area (Å²) in [6.07, 6.45) is 6.96. The highest BCUT2D eigenvalue weighted by Gasteiger charge is 2.22. The van der Waals surface area contributed by atoms with Crippen LogP contribution in [-0.2, 0) is 4.79 Å². The fourth-order valence-corrected chi connectivity index (χ4v) is 4.88. The van der Waals surface area contributed by atoms with Crippen LogP contribution in [0.1, 0.15) is 49.4 Å². The standard InChI is InChI=1S/C24H24Br2N4O4/c1-33-20-9-15(18(26)11-21(20)34-13-22(27)31)12-28-30-23(14-5-3-2-4-6-14)29-19-8-7-16(25)10-17(19)24(30)32/h7-12,14H,2-6,13H2,1H3,(H2,27,31). The van der Waals surface area contributed by atoms with Crippen LogP contribution in [0.25, 0.3) is 10.9 Å². The number of primary amides is 1. The lowest BCUT2D eigenvalue weighted by atomic mass is 9.88. The first-order valence-electron chi connectivity index (χ1n) is 10.9. The molecule has 3 aromatic rings. The number of benzene rings is 2. The largest absolute Gasteiger partial charge is 0.493 e. The van der Waals surface area contributed by atoms with Crippen LogP contribution in [0, 0.1) is 0 Å². The summed E-state index contributed by atoms with van der Waals surface area (Å²) in [5.74, 6) is 1.04. The number of rotatable bonds is 7. The van der Waals surface area contributed by atoms with Crippen molar-refractivity contribution >= 4 is 54.9 Å². The second kappa shape index (κ2) is 10.7. The van der Waals surface area contributed by atoms with Crippen molar-refractivity contribution in [2.75, 3.05) is 13.7 Å². The number of aromatic nitrogens is 2. The van der Waals surface area contributed by atoms with E-state index in [-0.39, 0.29) is 18.1 Å². The quantitative estimate of drug-likeness (QED) is 0.400. The maximum Gasteiger partial charge on any atom is 0.282 e. The molecule has 0 saturated heterocycles. The van der Waals surface area contributed by atoms with Gasteiger partial charge in [0.15, 0.2) is 18.1 Å². The van der Waals surface area contributed by atoms with Gasteiger partial charge in [0.1, 0.15) is 5.82 Å². The lowest BCUT2D eigenvalue weighted by molar-refractivity contribution is -0.119. The second-order valence-corrected chi connectivity index (χ2v) is 9.88. The van der Waals surface area contributed by atoms with Gasteiger partial charge in [-0.15, -0.1) is 0 Å². The zero-order valence-corrected chi connectivity index (χ0v) is 21.8. The van der Waals surface area contributed by atoms with Gasteiger partial charge in [-0.1, -0.05) is 35.2 Å². The molecule has 34 heavy (non-hydrogen) atoms. The summed E-state index contributed by atoms with van der Waals surface area (Å²) in [5.41, 5.74) is 6.29. The highest BCUT2D eigenvalue weighted by atomic mass is 79.9. The molecular weight excluding hydrogens is 568 g/mol. The molecule has 0 atom stereocenters. The van der Waals surface area contributed by atoms with Gasteiger partial charge in [0.05, 0.1) is 24.2 Å². The van der Waals surface area contributed by atoms with Crippen molar-refractivity contribution in [1.82, 2.24) is 9.66 Å². The molecule has 1 aliphatic carbocycles. The maximum absolute atomic E-state index is 13.5. The number of hydrogen-bond acceptors (Lipinski definition) is 6. The van der Waals surface area contributed by atoms with Crippen LogP contribution < -0.4 is 20.8 Å². The third-order valence-corrected chi connectivity index (χ3v) is 6.95. The van der Waals surface area contributed by atoms with Gasteiger partial charge >= 0.3 is 0 Å². The average molecular weight is 592 g/mol. The lowest BCUT2D eigenvalue weighted by Gasteiger charge is -2.22. The van der Waals surface area contributed by atoms with Gasteiger partial charge in [-0.05, 0) is 59.1 Å². The van der Waals surface area contributed by atoms with Crippen molar-refractivity contribution in [3.8, 4) is 11.5 Å². The first kappa shape index (κ1) is 24.4. The molecule has 1 saturated carbocycles. The van der Waals surface area contributed by atoms with Crippen molar-refractivity contribution in [2.24, 2.45) is 10.8 Å². The van der Waals surface area contributed by atoms with Gasteiger partial charge in [-0.3, -0.25) is 9.59 Å². The fraction of sp³-hybridized carbons (Fsp3) is 0.333. The predicted molar refractivity (Wildman–Crippen MR) is 138 cm³/mol. The topological polar surface area (TPSA) is 109 Å². The van der Waals surface area contributed by atoms with Gasteiger partial charge in [-0.25, -0.2) is 4.98 Å². The molecule has 4 rings (SSSR count). The summed E-state index contributed by atoms with van der Waals surface area (Å²) in [5, 5.41) is 5.07. The molecule has 2 N–H and O–H groups in total. The zero-order chi connectivity index (χ0) is 24.2. The zero-order valence-electron chi connectivity index (χ0n) is 18.6. The number of methoxy groups -OCH3 is 1. The van der Waals surface area contributed by atoms with E-state index in [2.05, 4.69) is 37.0 Å². The summed E-state index contributed by atoms with van der Waals surface area (Å²) < 4.78 is 13.7. The Morgan fingerprint density at radius 2 is 1.97 bits per heavy atom. The molecule has 178 valence electrons. The number of carbonyl (C=O) groups is 1. The van der Waals surface area contributed by atoms with E-state index in [9.17, 15) is 9.59 Å². The molecule has 0 unspecified atom stereocenters. The van der Waals surface area contributed by atoms with Crippen LogP contribution in [0.15, 0.2) is 49.2 Å². The molecule has 0 radical (unpaired) electrons. The van der Waals surface area contributed by atoms with E-state index in [1.807, 2.05) is 12.1 Å². The highest BCUT2D eigenvalue weighted by Crippen LogP contribution is 2.34. The number of fused-ring (bicyclic) bond motifs is 1. The third kappa shape index (κ3) is 5.33. The van der Waals surface area contributed by atoms with Crippen LogP contribution >= 0.6 is 31.9 Å². The number of hydrogen-bond donors (Lipinski definition) is 1. The number of halogens is 2. The Bertz CT molecular complexity index is 1320. The Balaban J connectivity index is 1.79. The normalized spacial score (nSPS) is 14.6. The minimum Gasteiger partial charge on any atom is -0.493 e. The Morgan fingerprint density at radius 3 is 2.68 bits per heavy atom. The van der Waals surface area contributed by atoms with Gasteiger partial charge in [0.2, 0.25) is 0 Å². The number of ether oxygens (including phenoxy) is 2. The van der Waals surface area contributed by atoms with Gasteiger partial charge in [0, 0.05) is 20.4 Å². The highest BCUT2D eigenvalue weighted by molar-refractivity contribution is 9.10. The molecule has 10 heteroatoms. The molecule has 1 amide bonds. The van der Waals surface area contributed by atoms with Crippen molar-refractivity contribution in [1.29, 1.82) is 0 Å². The van der Waals surface area contributed by atoms with E-state index in [1.54, 1.807) is 24.4 Å². The summed E-state index contributed by atoms with van der Waals surface area (Å²) in [6, 6.07) is 8.89. The van der Waals surface area contributed by atoms with Crippen molar-refractivity contribution < 1.29 is 14.3 Å². The molecule has 1 aliphatic rings. The first-order chi connectivity index (χ1) is 16.4. The fourth-order valence-electron chi connectivity index (χ4n) is 4.09. The number of carbonyl (C=O) groups excluding carboxylic acids is 1. The van der Waals surface area contributed by atoms with Gasteiger partial charge < -0.3 is 15.2 Å². The monoisotopic (exact) mass is 590 g/mol. The van der Waals surface area contributed by atoms with E-state index in [1.165, 1.54) is 18.2 Å². The SMILES string of the molecule is COc1cc(C=Nn2c(C3CCCCC3)nc3ccc(Br)cc3c2=O)c(Br)cc1OCC(N)=O. The number of nitrogens with zero attached hydrogens (tertiary/aromatic N) is 3. The molecule has 8 nitrogen and oxygen atoms in total. The van der Waals surface area contributed by atoms with E-state index in [4.69, 9.17) is 20.2 Å². The minimum absolute atomic E-state index is 0.175. The van der Waals surface area contributed by atoms with Crippen molar-refractivity contribution in [2.45, 2.75) is 38.0 Å². The van der Waals surface area contributed by atoms with E-state index in [0.717, 1.165) is 30.2 Å². The number of amides is 1. The van der Waals surface area contributed by atoms with E-state index >= 15 is 0 Å². The molecule has 1 heterocycles. The molecule has 2 aromatic carbocycles. The summed E-state index contributed by atoms with van der Waals surface area (Å²) in [4.78, 5) is 29.4. The molecule has 1 fully saturated rings. The van der Waals surface area contributed by atoms with Crippen LogP contribution in [0.5, 0.6) is 11.5 Å². The van der Waals surface area contributed by atoms with Crippen LogP contribution in [0.2, 0.25) is 0 Å². The summed E-state index contributed by atoms with van der Waals surface area (Å²) >= 11 is 6.94. The van der Waals surface area contributed by atoms with Crippen LogP contribution in [0.3, 0.4) is 0 Å². The summed E-state index contributed by atoms with van der Waals surface area (Å²) in [6.45, 7) is -0.269. The smallest absolute Gasteiger partial charge is 0.282 e. The lowest BCUT2D eigenvalue weighted by Crippen LogP contribution is -2.25. The molecule has 0 aliphatic heterocycles. The average Bonchev–Trinajstić information content (AvgIpc) is 2.83. The minimum atomic E-state index is -0.589. The Kier molecular flexibility index (Phi) is 7.67. The Hall–Kier alpha value is -2.72. The summed E-state index contributed by atoms with van der Waals surface area (Å²) in [7, 11) is 1.50. The third-order valence-electron chi connectivity index (χ3n) is 5.77. The molecule has 0 spiro atoms. The van der Waals surface area contributed by atoms with Crippen molar-refractivity contribution in [3.63, 3.8) is 0 Å². The Labute approximate surface area is 213 Å². The predicted octanol–water partition coefficient (Wildman–Crippen LogP) is 4.72. The van der Waals surface area contributed by atoms with Gasteiger partial charge in [0.25, 0.3) is 11.5 Å². The second-order valence-electron chi connectivity index (χ2n) is 8.11. The molecule has 1 aromatic heterocycles. The Morgan fingerprint density at radius 1 is 1.21 bits per heavy atom. The van der Waals surface area contributed by atoms with Crippen molar-refractivity contribution in [3.05, 3.63) is 61.0 Å². The number of nitrogens with two attached hydrogens (primary N) is 1. The first-order valence-corrected chi connectivity index (χ1v) is 12.5. The van der Waals surface area contributed by atoms with E-state index < -0.39 is 5.91 Å². The van der Waals surface area contributed by atoms with Gasteiger partial charge in [-0.2, -0.15) is 9.78 Å². The van der Waals surface area contributed by atoms with E-state index in [0.29, 0.717) is 38.3 Å².